The zero-order valence-electron chi connectivity index (χ0n) is 14.7. The molecule has 5 nitrogen and oxygen atoms in total. The van der Waals surface area contributed by atoms with Crippen LogP contribution in [0.1, 0.15) is 43.6 Å². The lowest BCUT2D eigenvalue weighted by Crippen LogP contribution is -2.34. The van der Waals surface area contributed by atoms with Gasteiger partial charge >= 0.3 is 0 Å². The predicted molar refractivity (Wildman–Crippen MR) is 95.5 cm³/mol. The van der Waals surface area contributed by atoms with E-state index < -0.39 is 0 Å². The molecule has 0 bridgehead atoms. The van der Waals surface area contributed by atoms with Gasteiger partial charge in [0.1, 0.15) is 6.61 Å². The Morgan fingerprint density at radius 1 is 1.24 bits per heavy atom. The van der Waals surface area contributed by atoms with Gasteiger partial charge in [0.2, 0.25) is 5.91 Å². The molecular weight excluding hydrogens is 316 g/mol. The van der Waals surface area contributed by atoms with E-state index in [-0.39, 0.29) is 18.4 Å². The summed E-state index contributed by atoms with van der Waals surface area (Å²) in [6, 6.07) is 8.15. The first-order valence-electron chi connectivity index (χ1n) is 9.47. The molecule has 1 atom stereocenters. The average Bonchev–Trinajstić information content (AvgIpc) is 3.24. The summed E-state index contributed by atoms with van der Waals surface area (Å²) in [6.07, 6.45) is 5.04. The maximum Gasteiger partial charge on any atom is 0.252 e. The summed E-state index contributed by atoms with van der Waals surface area (Å²) in [6.45, 7) is 3.25. The monoisotopic (exact) mass is 342 g/mol. The number of hydrogen-bond acceptors (Lipinski definition) is 3. The third-order valence-corrected chi connectivity index (χ3v) is 5.57. The molecule has 0 spiro atoms. The Kier molecular flexibility index (Phi) is 4.75. The Hall–Kier alpha value is -1.88. The number of ether oxygens (including phenoxy) is 1. The minimum absolute atomic E-state index is 0.0489. The lowest BCUT2D eigenvalue weighted by atomic mass is 9.98. The lowest BCUT2D eigenvalue weighted by molar-refractivity contribution is -0.128. The van der Waals surface area contributed by atoms with Crippen LogP contribution in [0.15, 0.2) is 24.3 Å². The third kappa shape index (κ3) is 3.71. The van der Waals surface area contributed by atoms with E-state index in [1.54, 1.807) is 0 Å². The van der Waals surface area contributed by atoms with E-state index in [0.717, 1.165) is 31.6 Å². The molecule has 1 aromatic rings. The van der Waals surface area contributed by atoms with Crippen molar-refractivity contribution in [3.8, 4) is 0 Å². The number of anilines is 1. The number of para-hydroxylation sites is 1. The molecular formula is C20H26N2O3. The van der Waals surface area contributed by atoms with Crippen molar-refractivity contribution in [2.45, 2.75) is 38.0 Å². The summed E-state index contributed by atoms with van der Waals surface area (Å²) in [7, 11) is 0. The summed E-state index contributed by atoms with van der Waals surface area (Å²) in [5, 5.41) is 0. The van der Waals surface area contributed by atoms with Gasteiger partial charge < -0.3 is 14.5 Å². The molecule has 5 heteroatoms. The van der Waals surface area contributed by atoms with Gasteiger partial charge in [0.05, 0.1) is 6.61 Å². The molecule has 2 amide bonds. The van der Waals surface area contributed by atoms with Crippen LogP contribution in [0.25, 0.3) is 0 Å². The number of carbonyl (C=O) groups excluding carboxylic acids is 2. The maximum absolute atomic E-state index is 12.6. The summed E-state index contributed by atoms with van der Waals surface area (Å²) in [5.74, 6) is 1.29. The van der Waals surface area contributed by atoms with Gasteiger partial charge in [-0.2, -0.15) is 0 Å². The summed E-state index contributed by atoms with van der Waals surface area (Å²) < 4.78 is 5.59. The predicted octanol–water partition coefficient (Wildman–Crippen LogP) is 2.56. The lowest BCUT2D eigenvalue weighted by Gasteiger charge is -2.20. The molecule has 0 aromatic heterocycles. The number of carbonyl (C=O) groups is 2. The Morgan fingerprint density at radius 2 is 2.08 bits per heavy atom. The molecule has 1 aliphatic carbocycles. The minimum Gasteiger partial charge on any atom is -0.371 e. The third-order valence-electron chi connectivity index (χ3n) is 5.57. The zero-order chi connectivity index (χ0) is 17.2. The highest BCUT2D eigenvalue weighted by Gasteiger charge is 2.33. The molecule has 0 radical (unpaired) electrons. The normalized spacial score (nSPS) is 22.6. The fourth-order valence-electron chi connectivity index (χ4n) is 3.91. The maximum atomic E-state index is 12.6. The van der Waals surface area contributed by atoms with Crippen LogP contribution in [0.2, 0.25) is 0 Å². The van der Waals surface area contributed by atoms with Gasteiger partial charge in [-0.05, 0) is 43.2 Å². The first-order valence-corrected chi connectivity index (χ1v) is 9.47. The molecule has 2 fully saturated rings. The highest BCUT2D eigenvalue weighted by molar-refractivity contribution is 5.96. The summed E-state index contributed by atoms with van der Waals surface area (Å²) in [4.78, 5) is 28.3. The number of benzene rings is 1. The van der Waals surface area contributed by atoms with Gasteiger partial charge in [-0.25, -0.2) is 0 Å². The van der Waals surface area contributed by atoms with Crippen molar-refractivity contribution >= 4 is 17.5 Å². The van der Waals surface area contributed by atoms with Gasteiger partial charge in [0, 0.05) is 37.7 Å². The van der Waals surface area contributed by atoms with E-state index in [4.69, 9.17) is 4.74 Å². The molecule has 3 aliphatic rings. The number of amides is 2. The standard InChI is InChI=1S/C20H26N2O3/c23-19-6-3-10-21(19)11-9-16-12-22(18-5-2-1-4-17(16)18)20(24)14-25-13-15-7-8-15/h1-2,4-5,15-16H,3,6-14H2/t16-/m0/s1. The Labute approximate surface area is 148 Å². The van der Waals surface area contributed by atoms with E-state index in [2.05, 4.69) is 6.07 Å². The van der Waals surface area contributed by atoms with E-state index in [1.165, 1.54) is 18.4 Å². The van der Waals surface area contributed by atoms with Crippen molar-refractivity contribution in [1.82, 2.24) is 4.90 Å². The quantitative estimate of drug-likeness (QED) is 0.765. The summed E-state index contributed by atoms with van der Waals surface area (Å²) >= 11 is 0. The number of hydrogen-bond donors (Lipinski definition) is 0. The average molecular weight is 342 g/mol. The Morgan fingerprint density at radius 3 is 2.84 bits per heavy atom. The smallest absolute Gasteiger partial charge is 0.252 e. The molecule has 2 heterocycles. The topological polar surface area (TPSA) is 49.9 Å². The van der Waals surface area contributed by atoms with Crippen LogP contribution in [-0.4, -0.2) is 49.6 Å². The number of rotatable bonds is 7. The van der Waals surface area contributed by atoms with Gasteiger partial charge in [0.25, 0.3) is 5.91 Å². The zero-order valence-corrected chi connectivity index (χ0v) is 14.7. The van der Waals surface area contributed by atoms with E-state index in [9.17, 15) is 9.59 Å². The second kappa shape index (κ2) is 7.16. The van der Waals surface area contributed by atoms with Gasteiger partial charge in [-0.1, -0.05) is 18.2 Å². The fourth-order valence-corrected chi connectivity index (χ4v) is 3.91. The Balaban J connectivity index is 1.38. The van der Waals surface area contributed by atoms with Gasteiger partial charge in [-0.3, -0.25) is 9.59 Å². The number of fused-ring (bicyclic) bond motifs is 1. The van der Waals surface area contributed by atoms with Crippen LogP contribution in [0.5, 0.6) is 0 Å². The molecule has 1 saturated heterocycles. The van der Waals surface area contributed by atoms with Crippen LogP contribution in [0.4, 0.5) is 5.69 Å². The molecule has 4 rings (SSSR count). The second-order valence-electron chi connectivity index (χ2n) is 7.49. The molecule has 0 unspecified atom stereocenters. The van der Waals surface area contributed by atoms with Crippen molar-refractivity contribution in [2.24, 2.45) is 5.92 Å². The highest BCUT2D eigenvalue weighted by atomic mass is 16.5. The van der Waals surface area contributed by atoms with Crippen molar-refractivity contribution in [2.75, 3.05) is 37.7 Å². The first-order chi connectivity index (χ1) is 12.2. The fraction of sp³-hybridized carbons (Fsp3) is 0.600. The van der Waals surface area contributed by atoms with Crippen LogP contribution in [0.3, 0.4) is 0 Å². The minimum atomic E-state index is 0.0489. The molecule has 1 aromatic carbocycles. The molecule has 134 valence electrons. The van der Waals surface area contributed by atoms with Crippen molar-refractivity contribution in [1.29, 1.82) is 0 Å². The molecule has 2 aliphatic heterocycles. The molecule has 0 N–H and O–H groups in total. The van der Waals surface area contributed by atoms with Crippen LogP contribution >= 0.6 is 0 Å². The van der Waals surface area contributed by atoms with Crippen LogP contribution < -0.4 is 4.90 Å². The van der Waals surface area contributed by atoms with E-state index >= 15 is 0 Å². The van der Waals surface area contributed by atoms with E-state index in [1.807, 2.05) is 28.0 Å². The number of likely N-dealkylation sites (tertiary alicyclic amines) is 1. The van der Waals surface area contributed by atoms with Crippen molar-refractivity contribution in [3.63, 3.8) is 0 Å². The first kappa shape index (κ1) is 16.6. The molecule has 25 heavy (non-hydrogen) atoms. The highest BCUT2D eigenvalue weighted by Crippen LogP contribution is 2.38. The molecule has 1 saturated carbocycles. The van der Waals surface area contributed by atoms with Crippen LogP contribution in [0, 0.1) is 5.92 Å². The SMILES string of the molecule is O=C1CCCN1CC[C@H]1CN(C(=O)COCC2CC2)c2ccccc21. The van der Waals surface area contributed by atoms with Gasteiger partial charge in [-0.15, -0.1) is 0 Å². The largest absolute Gasteiger partial charge is 0.371 e. The number of nitrogens with zero attached hydrogens (tertiary/aromatic N) is 2. The summed E-state index contributed by atoms with van der Waals surface area (Å²) in [5.41, 5.74) is 2.24. The second-order valence-corrected chi connectivity index (χ2v) is 7.49. The van der Waals surface area contributed by atoms with Gasteiger partial charge in [0.15, 0.2) is 0 Å². The van der Waals surface area contributed by atoms with Crippen molar-refractivity contribution < 1.29 is 14.3 Å². The Bertz CT molecular complexity index is 656. The van der Waals surface area contributed by atoms with E-state index in [0.29, 0.717) is 31.4 Å². The van der Waals surface area contributed by atoms with Crippen LogP contribution in [-0.2, 0) is 14.3 Å². The van der Waals surface area contributed by atoms with Crippen molar-refractivity contribution in [3.05, 3.63) is 29.8 Å².